The largest absolute Gasteiger partial charge is 0.381 e. The molecule has 2 N–H and O–H groups in total. The van der Waals surface area contributed by atoms with Crippen LogP contribution in [0.2, 0.25) is 5.02 Å². The molecule has 1 unspecified atom stereocenters. The molecule has 2 aromatic rings. The van der Waals surface area contributed by atoms with Gasteiger partial charge in [0.1, 0.15) is 0 Å². The molecule has 0 bridgehead atoms. The molecule has 158 valence electrons. The van der Waals surface area contributed by atoms with Crippen LogP contribution in [0.25, 0.3) is 0 Å². The third-order valence-electron chi connectivity index (χ3n) is 6.36. The Morgan fingerprint density at radius 1 is 1.13 bits per heavy atom. The maximum absolute atomic E-state index is 12.6. The zero-order chi connectivity index (χ0) is 21.0. The summed E-state index contributed by atoms with van der Waals surface area (Å²) in [5.41, 5.74) is 3.05. The molecule has 30 heavy (non-hydrogen) atoms. The first-order chi connectivity index (χ1) is 14.6. The predicted molar refractivity (Wildman–Crippen MR) is 118 cm³/mol. The number of rotatable bonds is 6. The number of amides is 2. The highest BCUT2D eigenvalue weighted by Gasteiger charge is 2.35. The smallest absolute Gasteiger partial charge is 0.227 e. The van der Waals surface area contributed by atoms with E-state index in [9.17, 15) is 9.59 Å². The lowest BCUT2D eigenvalue weighted by molar-refractivity contribution is -0.123. The summed E-state index contributed by atoms with van der Waals surface area (Å²) in [5.74, 6) is -0.177. The van der Waals surface area contributed by atoms with Crippen LogP contribution in [0.4, 0.5) is 5.69 Å². The van der Waals surface area contributed by atoms with Gasteiger partial charge in [-0.2, -0.15) is 0 Å². The van der Waals surface area contributed by atoms with Crippen LogP contribution in [0.5, 0.6) is 0 Å². The van der Waals surface area contributed by atoms with Crippen molar-refractivity contribution in [3.8, 4) is 0 Å². The van der Waals surface area contributed by atoms with E-state index in [0.717, 1.165) is 24.1 Å². The molecule has 4 rings (SSSR count). The highest BCUT2D eigenvalue weighted by Crippen LogP contribution is 2.35. The Morgan fingerprint density at radius 2 is 1.87 bits per heavy atom. The highest BCUT2D eigenvalue weighted by atomic mass is 35.5. The van der Waals surface area contributed by atoms with Crippen molar-refractivity contribution in [3.63, 3.8) is 0 Å². The third kappa shape index (κ3) is 4.68. The van der Waals surface area contributed by atoms with E-state index in [4.69, 9.17) is 16.3 Å². The number of fused-ring (bicyclic) bond motifs is 1. The lowest BCUT2D eigenvalue weighted by Gasteiger charge is -2.38. The number of nitrogens with one attached hydrogen (secondary N) is 2. The Labute approximate surface area is 182 Å². The minimum Gasteiger partial charge on any atom is -0.381 e. The summed E-state index contributed by atoms with van der Waals surface area (Å²) >= 11 is 6.05. The number of anilines is 1. The van der Waals surface area contributed by atoms with Crippen molar-refractivity contribution in [2.24, 2.45) is 5.92 Å². The summed E-state index contributed by atoms with van der Waals surface area (Å²) in [6.07, 6.45) is 3.28. The fourth-order valence-corrected chi connectivity index (χ4v) is 4.57. The molecule has 0 spiro atoms. The second kappa shape index (κ2) is 9.19. The van der Waals surface area contributed by atoms with E-state index in [1.807, 2.05) is 48.5 Å². The third-order valence-corrected chi connectivity index (χ3v) is 6.61. The molecule has 2 aromatic carbocycles. The van der Waals surface area contributed by atoms with Crippen LogP contribution in [0, 0.1) is 5.92 Å². The summed E-state index contributed by atoms with van der Waals surface area (Å²) in [4.78, 5) is 25.0. The molecule has 2 amide bonds. The predicted octanol–water partition coefficient (Wildman–Crippen LogP) is 4.10. The van der Waals surface area contributed by atoms with Gasteiger partial charge in [0.25, 0.3) is 0 Å². The van der Waals surface area contributed by atoms with Crippen LogP contribution in [0.3, 0.4) is 0 Å². The van der Waals surface area contributed by atoms with E-state index in [-0.39, 0.29) is 23.1 Å². The zero-order valence-electron chi connectivity index (χ0n) is 17.0. The first kappa shape index (κ1) is 20.9. The first-order valence-corrected chi connectivity index (χ1v) is 10.9. The van der Waals surface area contributed by atoms with E-state index in [0.29, 0.717) is 44.0 Å². The summed E-state index contributed by atoms with van der Waals surface area (Å²) in [6, 6.07) is 15.7. The molecular formula is C24H27ClN2O3. The maximum Gasteiger partial charge on any atom is 0.227 e. The van der Waals surface area contributed by atoms with Gasteiger partial charge in [-0.3, -0.25) is 9.59 Å². The van der Waals surface area contributed by atoms with Crippen LogP contribution in [0.15, 0.2) is 48.5 Å². The van der Waals surface area contributed by atoms with Crippen LogP contribution in [-0.2, 0) is 26.2 Å². The van der Waals surface area contributed by atoms with E-state index in [1.165, 1.54) is 5.56 Å². The van der Waals surface area contributed by atoms with Gasteiger partial charge in [0, 0.05) is 48.2 Å². The summed E-state index contributed by atoms with van der Waals surface area (Å²) < 4.78 is 5.56. The molecule has 1 fully saturated rings. The molecule has 0 aliphatic carbocycles. The normalized spacial score (nSPS) is 20.2. The number of carbonyl (C=O) groups is 2. The molecule has 5 nitrogen and oxygen atoms in total. The van der Waals surface area contributed by atoms with E-state index in [2.05, 4.69) is 10.6 Å². The number of para-hydroxylation sites is 1. The number of hydrogen-bond donors (Lipinski definition) is 2. The first-order valence-electron chi connectivity index (χ1n) is 10.5. The van der Waals surface area contributed by atoms with Crippen LogP contribution >= 0.6 is 11.6 Å². The lowest BCUT2D eigenvalue weighted by atomic mass is 9.74. The zero-order valence-corrected chi connectivity index (χ0v) is 17.7. The van der Waals surface area contributed by atoms with Gasteiger partial charge in [0.2, 0.25) is 11.8 Å². The van der Waals surface area contributed by atoms with Gasteiger partial charge in [0.15, 0.2) is 0 Å². The fraction of sp³-hybridized carbons (Fsp3) is 0.417. The monoisotopic (exact) mass is 426 g/mol. The van der Waals surface area contributed by atoms with Gasteiger partial charge in [-0.15, -0.1) is 0 Å². The fourth-order valence-electron chi connectivity index (χ4n) is 4.44. The molecule has 1 saturated heterocycles. The number of halogens is 1. The number of carbonyl (C=O) groups excluding carboxylic acids is 2. The molecule has 2 aliphatic heterocycles. The number of benzene rings is 2. The molecule has 0 saturated carbocycles. The Bertz CT molecular complexity index is 907. The summed E-state index contributed by atoms with van der Waals surface area (Å²) in [5, 5.41) is 6.78. The van der Waals surface area contributed by atoms with Crippen LogP contribution in [0.1, 0.15) is 36.8 Å². The Kier molecular flexibility index (Phi) is 6.40. The molecule has 1 atom stereocenters. The van der Waals surface area contributed by atoms with Gasteiger partial charge >= 0.3 is 0 Å². The quantitative estimate of drug-likeness (QED) is 0.730. The van der Waals surface area contributed by atoms with Crippen molar-refractivity contribution < 1.29 is 14.3 Å². The second-order valence-corrected chi connectivity index (χ2v) is 8.70. The Hall–Kier alpha value is -2.37. The van der Waals surface area contributed by atoms with Crippen LogP contribution in [-0.4, -0.2) is 31.6 Å². The van der Waals surface area contributed by atoms with E-state index >= 15 is 0 Å². The highest BCUT2D eigenvalue weighted by molar-refractivity contribution is 6.30. The lowest BCUT2D eigenvalue weighted by Crippen LogP contribution is -2.44. The molecule has 2 aliphatic rings. The maximum atomic E-state index is 12.6. The minimum atomic E-state index is -0.168. The van der Waals surface area contributed by atoms with Gasteiger partial charge in [-0.25, -0.2) is 0 Å². The number of ether oxygens (including phenoxy) is 1. The SMILES string of the molecule is O=C(CCC1Cc2ccccc2NC1=O)NCC1(c2ccc(Cl)cc2)CCOCC1. The van der Waals surface area contributed by atoms with Crippen molar-refractivity contribution >= 4 is 29.1 Å². The van der Waals surface area contributed by atoms with Gasteiger partial charge in [0.05, 0.1) is 0 Å². The van der Waals surface area contributed by atoms with Crippen molar-refractivity contribution in [1.29, 1.82) is 0 Å². The second-order valence-electron chi connectivity index (χ2n) is 8.26. The Morgan fingerprint density at radius 3 is 2.63 bits per heavy atom. The molecule has 0 aromatic heterocycles. The molecule has 0 radical (unpaired) electrons. The van der Waals surface area contributed by atoms with Crippen LogP contribution < -0.4 is 10.6 Å². The average molecular weight is 427 g/mol. The molecular weight excluding hydrogens is 400 g/mol. The summed E-state index contributed by atoms with van der Waals surface area (Å²) in [6.45, 7) is 1.93. The number of hydrogen-bond acceptors (Lipinski definition) is 3. The van der Waals surface area contributed by atoms with Gasteiger partial charge in [-0.05, 0) is 55.0 Å². The van der Waals surface area contributed by atoms with E-state index in [1.54, 1.807) is 0 Å². The van der Waals surface area contributed by atoms with Crippen molar-refractivity contribution in [3.05, 3.63) is 64.7 Å². The van der Waals surface area contributed by atoms with Crippen molar-refractivity contribution in [1.82, 2.24) is 5.32 Å². The van der Waals surface area contributed by atoms with Crippen molar-refractivity contribution in [2.75, 3.05) is 25.1 Å². The standard InChI is InChI=1S/C24H27ClN2O3/c25-20-8-6-19(7-9-20)24(11-13-30-14-12-24)16-26-22(28)10-5-18-15-17-3-1-2-4-21(17)27-23(18)29/h1-4,6-9,18H,5,10-16H2,(H,26,28)(H,27,29). The topological polar surface area (TPSA) is 67.4 Å². The summed E-state index contributed by atoms with van der Waals surface area (Å²) in [7, 11) is 0. The van der Waals surface area contributed by atoms with Crippen molar-refractivity contribution in [2.45, 2.75) is 37.5 Å². The molecule has 2 heterocycles. The molecule has 6 heteroatoms. The van der Waals surface area contributed by atoms with E-state index < -0.39 is 0 Å². The van der Waals surface area contributed by atoms with Gasteiger partial charge in [-0.1, -0.05) is 41.9 Å². The Balaban J connectivity index is 1.34. The minimum absolute atomic E-state index is 0.00330. The average Bonchev–Trinajstić information content (AvgIpc) is 2.77. The van der Waals surface area contributed by atoms with Gasteiger partial charge < -0.3 is 15.4 Å².